The number of benzene rings is 2. The highest BCUT2D eigenvalue weighted by Crippen LogP contribution is 2.24. The summed E-state index contributed by atoms with van der Waals surface area (Å²) in [7, 11) is 1.73. The summed E-state index contributed by atoms with van der Waals surface area (Å²) in [5.41, 5.74) is 0.748. The van der Waals surface area contributed by atoms with Crippen molar-refractivity contribution in [2.24, 2.45) is 0 Å². The quantitative estimate of drug-likeness (QED) is 0.520. The maximum atomic E-state index is 12.5. The van der Waals surface area contributed by atoms with E-state index in [0.29, 0.717) is 30.9 Å². The summed E-state index contributed by atoms with van der Waals surface area (Å²) in [5, 5.41) is 12.3. The minimum absolute atomic E-state index is 0.00114. The summed E-state index contributed by atoms with van der Waals surface area (Å²) < 4.78 is 5.64. The van der Waals surface area contributed by atoms with E-state index in [2.05, 4.69) is 5.32 Å². The van der Waals surface area contributed by atoms with Gasteiger partial charge in [0.1, 0.15) is 11.8 Å². The van der Waals surface area contributed by atoms with E-state index in [4.69, 9.17) is 27.9 Å². The van der Waals surface area contributed by atoms with Crippen LogP contribution in [0.3, 0.4) is 0 Å². The number of nitrogens with zero attached hydrogens (tertiary/aromatic N) is 1. The van der Waals surface area contributed by atoms with E-state index in [9.17, 15) is 19.5 Å². The minimum atomic E-state index is -1.17. The molecule has 2 amide bonds. The van der Waals surface area contributed by atoms with Crippen LogP contribution >= 0.6 is 23.2 Å². The van der Waals surface area contributed by atoms with Crippen molar-refractivity contribution in [3.63, 3.8) is 0 Å². The topological polar surface area (TPSA) is 95.9 Å². The summed E-state index contributed by atoms with van der Waals surface area (Å²) in [6.45, 7) is 2.56. The Hall–Kier alpha value is -2.77. The second-order valence-electron chi connectivity index (χ2n) is 6.95. The number of hydrogen-bond donors (Lipinski definition) is 2. The zero-order valence-electron chi connectivity index (χ0n) is 17.2. The number of hydrogen-bond acceptors (Lipinski definition) is 4. The Morgan fingerprint density at radius 3 is 2.26 bits per heavy atom. The molecule has 166 valence electrons. The van der Waals surface area contributed by atoms with Gasteiger partial charge in [-0.05, 0) is 36.2 Å². The number of carbonyl (C=O) groups excluding carboxylic acids is 2. The summed E-state index contributed by atoms with van der Waals surface area (Å²) in [6, 6.07) is 10.4. The summed E-state index contributed by atoms with van der Waals surface area (Å²) in [4.78, 5) is 36.9. The Kier molecular flexibility index (Phi) is 9.15. The van der Waals surface area contributed by atoms with Crippen LogP contribution in [0, 0.1) is 0 Å². The van der Waals surface area contributed by atoms with Crippen molar-refractivity contribution in [2.45, 2.75) is 25.8 Å². The highest BCUT2D eigenvalue weighted by atomic mass is 35.5. The lowest BCUT2D eigenvalue weighted by Crippen LogP contribution is -2.42. The predicted octanol–water partition coefficient (Wildman–Crippen LogP) is 3.67. The lowest BCUT2D eigenvalue weighted by Gasteiger charge is -2.16. The molecule has 2 rings (SSSR count). The van der Waals surface area contributed by atoms with E-state index in [1.165, 1.54) is 19.1 Å². The van der Waals surface area contributed by atoms with Gasteiger partial charge in [-0.3, -0.25) is 9.59 Å². The first-order valence-corrected chi connectivity index (χ1v) is 10.4. The van der Waals surface area contributed by atoms with Gasteiger partial charge in [0.2, 0.25) is 5.91 Å². The number of rotatable bonds is 10. The molecule has 7 nitrogen and oxygen atoms in total. The third-order valence-electron chi connectivity index (χ3n) is 4.60. The van der Waals surface area contributed by atoms with Gasteiger partial charge in [-0.1, -0.05) is 41.4 Å². The zero-order valence-corrected chi connectivity index (χ0v) is 18.7. The van der Waals surface area contributed by atoms with Crippen LogP contribution < -0.4 is 10.1 Å². The van der Waals surface area contributed by atoms with Crippen LogP contribution in [-0.4, -0.2) is 54.0 Å². The van der Waals surface area contributed by atoms with E-state index in [0.717, 1.165) is 0 Å². The SMILES string of the molecule is CC(=O)N(C)CCCOc1ccc(C[C@H](NC(=O)c2c(Cl)cccc2Cl)C(=O)O)cc1. The smallest absolute Gasteiger partial charge is 0.326 e. The number of nitrogens with one attached hydrogen (secondary N) is 1. The number of carbonyl (C=O) groups is 3. The highest BCUT2D eigenvalue weighted by Gasteiger charge is 2.23. The second-order valence-corrected chi connectivity index (χ2v) is 7.77. The molecule has 31 heavy (non-hydrogen) atoms. The van der Waals surface area contributed by atoms with Gasteiger partial charge in [0, 0.05) is 26.9 Å². The zero-order chi connectivity index (χ0) is 23.0. The largest absolute Gasteiger partial charge is 0.494 e. The number of carboxylic acid groups (broad SMARTS) is 1. The van der Waals surface area contributed by atoms with Gasteiger partial charge >= 0.3 is 5.97 Å². The number of ether oxygens (including phenoxy) is 1. The van der Waals surface area contributed by atoms with Gasteiger partial charge in [0.25, 0.3) is 5.91 Å². The predicted molar refractivity (Wildman–Crippen MR) is 119 cm³/mol. The molecule has 0 aromatic heterocycles. The lowest BCUT2D eigenvalue weighted by molar-refractivity contribution is -0.139. The molecule has 0 spiro atoms. The molecule has 2 aromatic rings. The van der Waals surface area contributed by atoms with Crippen molar-refractivity contribution in [1.82, 2.24) is 10.2 Å². The van der Waals surface area contributed by atoms with Crippen LogP contribution in [0.2, 0.25) is 10.0 Å². The van der Waals surface area contributed by atoms with Crippen LogP contribution in [0.1, 0.15) is 29.3 Å². The maximum Gasteiger partial charge on any atom is 0.326 e. The van der Waals surface area contributed by atoms with Crippen molar-refractivity contribution in [1.29, 1.82) is 0 Å². The lowest BCUT2D eigenvalue weighted by atomic mass is 10.1. The van der Waals surface area contributed by atoms with Gasteiger partial charge < -0.3 is 20.1 Å². The molecule has 0 heterocycles. The molecule has 0 fully saturated rings. The fourth-order valence-corrected chi connectivity index (χ4v) is 3.32. The van der Waals surface area contributed by atoms with E-state index in [-0.39, 0.29) is 27.9 Å². The number of amides is 2. The van der Waals surface area contributed by atoms with Crippen LogP contribution in [0.5, 0.6) is 5.75 Å². The Balaban J connectivity index is 1.94. The van der Waals surface area contributed by atoms with E-state index in [1.807, 2.05) is 0 Å². The molecule has 0 bridgehead atoms. The third kappa shape index (κ3) is 7.45. The van der Waals surface area contributed by atoms with E-state index in [1.54, 1.807) is 42.3 Å². The molecule has 1 atom stereocenters. The molecule has 2 N–H and O–H groups in total. The summed E-state index contributed by atoms with van der Waals surface area (Å²) in [5.74, 6) is -1.20. The first kappa shape index (κ1) is 24.5. The molecule has 0 saturated heterocycles. The van der Waals surface area contributed by atoms with Crippen LogP contribution in [0.15, 0.2) is 42.5 Å². The molecule has 9 heteroatoms. The van der Waals surface area contributed by atoms with Gasteiger partial charge in [-0.25, -0.2) is 4.79 Å². The number of halogens is 2. The normalized spacial score (nSPS) is 11.5. The van der Waals surface area contributed by atoms with Gasteiger partial charge in [0.15, 0.2) is 0 Å². The minimum Gasteiger partial charge on any atom is -0.494 e. The molecule has 0 aliphatic rings. The van der Waals surface area contributed by atoms with E-state index < -0.39 is 17.9 Å². The third-order valence-corrected chi connectivity index (χ3v) is 5.23. The Labute approximate surface area is 190 Å². The second kappa shape index (κ2) is 11.6. The van der Waals surface area contributed by atoms with Gasteiger partial charge in [-0.2, -0.15) is 0 Å². The maximum absolute atomic E-state index is 12.5. The molecule has 2 aromatic carbocycles. The summed E-state index contributed by atoms with van der Waals surface area (Å²) in [6.07, 6.45) is 0.766. The molecule has 0 aliphatic carbocycles. The van der Waals surface area contributed by atoms with Crippen LogP contribution in [0.25, 0.3) is 0 Å². The molecular formula is C22H24Cl2N2O5. The Bertz CT molecular complexity index is 914. The molecule has 0 aliphatic heterocycles. The van der Waals surface area contributed by atoms with Crippen LogP contribution in [0.4, 0.5) is 0 Å². The number of aliphatic carboxylic acids is 1. The molecule has 0 saturated carbocycles. The van der Waals surface area contributed by atoms with Crippen molar-refractivity contribution >= 4 is 41.0 Å². The standard InChI is InChI=1S/C22H24Cl2N2O5/c1-14(27)26(2)11-4-12-31-16-9-7-15(8-10-16)13-19(22(29)30)25-21(28)20-17(23)5-3-6-18(20)24/h3,5-10,19H,4,11-13H2,1-2H3,(H,25,28)(H,29,30)/t19-/m0/s1. The van der Waals surface area contributed by atoms with Crippen molar-refractivity contribution in [3.05, 3.63) is 63.6 Å². The average molecular weight is 467 g/mol. The molecular weight excluding hydrogens is 443 g/mol. The fourth-order valence-electron chi connectivity index (χ4n) is 2.75. The Morgan fingerprint density at radius 1 is 1.10 bits per heavy atom. The van der Waals surface area contributed by atoms with E-state index >= 15 is 0 Å². The molecule has 0 unspecified atom stereocenters. The van der Waals surface area contributed by atoms with Crippen molar-refractivity contribution in [2.75, 3.05) is 20.2 Å². The van der Waals surface area contributed by atoms with Crippen molar-refractivity contribution in [3.8, 4) is 5.75 Å². The first-order valence-electron chi connectivity index (χ1n) is 9.60. The highest BCUT2D eigenvalue weighted by molar-refractivity contribution is 6.39. The van der Waals surface area contributed by atoms with Crippen molar-refractivity contribution < 1.29 is 24.2 Å². The van der Waals surface area contributed by atoms with Gasteiger partial charge in [-0.15, -0.1) is 0 Å². The van der Waals surface area contributed by atoms with Crippen LogP contribution in [-0.2, 0) is 16.0 Å². The number of carboxylic acids is 1. The fraction of sp³-hybridized carbons (Fsp3) is 0.318. The average Bonchev–Trinajstić information content (AvgIpc) is 2.71. The summed E-state index contributed by atoms with van der Waals surface area (Å²) >= 11 is 12.0. The Morgan fingerprint density at radius 2 is 1.71 bits per heavy atom. The van der Waals surface area contributed by atoms with Gasteiger partial charge in [0.05, 0.1) is 22.2 Å². The molecule has 0 radical (unpaired) electrons. The first-order chi connectivity index (χ1) is 14.7. The monoisotopic (exact) mass is 466 g/mol.